The van der Waals surface area contributed by atoms with Crippen molar-refractivity contribution in [3.8, 4) is 17.2 Å². The van der Waals surface area contributed by atoms with Crippen LogP contribution < -0.4 is 19.6 Å². The summed E-state index contributed by atoms with van der Waals surface area (Å²) in [6.07, 6.45) is 1.69. The van der Waals surface area contributed by atoms with E-state index >= 15 is 0 Å². The zero-order valence-electron chi connectivity index (χ0n) is 19.9. The molecule has 196 valence electrons. The monoisotopic (exact) mass is 527 g/mol. The molecule has 0 bridgehead atoms. The van der Waals surface area contributed by atoms with Crippen molar-refractivity contribution >= 4 is 22.5 Å². The number of hydrazone groups is 1. The minimum atomic E-state index is -3.21. The van der Waals surface area contributed by atoms with Crippen molar-refractivity contribution in [3.05, 3.63) is 95.7 Å². The summed E-state index contributed by atoms with van der Waals surface area (Å²) in [6, 6.07) is 19.3. The first kappa shape index (κ1) is 26.4. The number of para-hydroxylation sites is 1. The number of rotatable bonds is 10. The fourth-order valence-electron chi connectivity index (χ4n) is 3.54. The molecular formula is C27H21F4N3O4. The fourth-order valence-corrected chi connectivity index (χ4v) is 3.54. The van der Waals surface area contributed by atoms with Crippen LogP contribution in [0.2, 0.25) is 0 Å². The van der Waals surface area contributed by atoms with Crippen LogP contribution in [-0.2, 0) is 6.61 Å². The maximum atomic E-state index is 12.8. The highest BCUT2D eigenvalue weighted by Gasteiger charge is 2.16. The molecule has 7 nitrogen and oxygen atoms in total. The summed E-state index contributed by atoms with van der Waals surface area (Å²) in [4.78, 5) is 16.9. The van der Waals surface area contributed by atoms with Gasteiger partial charge in [-0.15, -0.1) is 0 Å². The number of carbonyl (C=O) groups excluding carboxylic acids is 1. The molecule has 4 aromatic rings. The van der Waals surface area contributed by atoms with Crippen LogP contribution in [0.3, 0.4) is 0 Å². The van der Waals surface area contributed by atoms with Crippen LogP contribution in [0.4, 0.5) is 17.6 Å². The minimum Gasteiger partial charge on any atom is -0.487 e. The first-order valence-electron chi connectivity index (χ1n) is 11.2. The second-order valence-corrected chi connectivity index (χ2v) is 7.87. The number of fused-ring (bicyclic) bond motifs is 1. The summed E-state index contributed by atoms with van der Waals surface area (Å²) >= 11 is 0. The molecule has 1 aromatic heterocycles. The molecule has 4 rings (SSSR count). The van der Waals surface area contributed by atoms with E-state index in [0.717, 1.165) is 28.6 Å². The van der Waals surface area contributed by atoms with Crippen LogP contribution in [0.25, 0.3) is 10.9 Å². The predicted octanol–water partition coefficient (Wildman–Crippen LogP) is 6.17. The number of hydrogen-bond donors (Lipinski definition) is 1. The average molecular weight is 527 g/mol. The van der Waals surface area contributed by atoms with Gasteiger partial charge in [-0.25, -0.2) is 5.43 Å². The molecule has 0 unspecified atom stereocenters. The molecule has 0 aliphatic heterocycles. The minimum absolute atomic E-state index is 0.0580. The van der Waals surface area contributed by atoms with Crippen LogP contribution in [0.15, 0.2) is 84.1 Å². The zero-order valence-corrected chi connectivity index (χ0v) is 19.9. The summed E-state index contributed by atoms with van der Waals surface area (Å²) < 4.78 is 65.1. The summed E-state index contributed by atoms with van der Waals surface area (Å²) in [5.41, 5.74) is 4.35. The summed E-state index contributed by atoms with van der Waals surface area (Å²) in [6.45, 7) is -4.66. The van der Waals surface area contributed by atoms with E-state index in [4.69, 9.17) is 4.74 Å². The molecule has 0 saturated heterocycles. The van der Waals surface area contributed by atoms with Crippen LogP contribution in [-0.4, -0.2) is 29.8 Å². The molecule has 11 heteroatoms. The van der Waals surface area contributed by atoms with E-state index in [2.05, 4.69) is 25.0 Å². The Morgan fingerprint density at radius 1 is 0.921 bits per heavy atom. The lowest BCUT2D eigenvalue weighted by Crippen LogP contribution is -2.19. The van der Waals surface area contributed by atoms with Gasteiger partial charge in [0, 0.05) is 28.8 Å². The number of amides is 1. The number of benzene rings is 3. The number of nitrogens with zero attached hydrogens (tertiary/aromatic N) is 2. The van der Waals surface area contributed by atoms with Gasteiger partial charge in [-0.05, 0) is 48.9 Å². The molecule has 3 aromatic carbocycles. The third kappa shape index (κ3) is 6.75. The molecule has 0 saturated carbocycles. The predicted molar refractivity (Wildman–Crippen MR) is 132 cm³/mol. The number of nitrogens with one attached hydrogen (secondary N) is 1. The normalized spacial score (nSPS) is 11.6. The van der Waals surface area contributed by atoms with Crippen molar-refractivity contribution < 1.29 is 36.6 Å². The van der Waals surface area contributed by atoms with E-state index in [9.17, 15) is 22.4 Å². The second kappa shape index (κ2) is 12.0. The van der Waals surface area contributed by atoms with Crippen LogP contribution in [0.5, 0.6) is 17.2 Å². The Bertz CT molecular complexity index is 1440. The van der Waals surface area contributed by atoms with Gasteiger partial charge in [-0.1, -0.05) is 30.3 Å². The molecular weight excluding hydrogens is 506 g/mol. The van der Waals surface area contributed by atoms with Crippen molar-refractivity contribution in [2.75, 3.05) is 0 Å². The van der Waals surface area contributed by atoms with Crippen molar-refractivity contribution in [1.82, 2.24) is 10.4 Å². The number of pyridine rings is 1. The quantitative estimate of drug-likeness (QED) is 0.152. The lowest BCUT2D eigenvalue weighted by Gasteiger charge is -2.13. The molecule has 0 spiro atoms. The van der Waals surface area contributed by atoms with E-state index in [1.807, 2.05) is 30.3 Å². The largest absolute Gasteiger partial charge is 0.487 e. The van der Waals surface area contributed by atoms with Gasteiger partial charge >= 0.3 is 13.2 Å². The molecule has 0 atom stereocenters. The van der Waals surface area contributed by atoms with Crippen molar-refractivity contribution in [2.24, 2.45) is 5.10 Å². The van der Waals surface area contributed by atoms with Gasteiger partial charge in [0.2, 0.25) is 0 Å². The third-order valence-electron chi connectivity index (χ3n) is 5.32. The Labute approximate surface area is 214 Å². The van der Waals surface area contributed by atoms with E-state index in [-0.39, 0.29) is 23.6 Å². The molecule has 1 N–H and O–H groups in total. The average Bonchev–Trinajstić information content (AvgIpc) is 2.90. The molecule has 1 amide bonds. The highest BCUT2D eigenvalue weighted by atomic mass is 19.3. The molecule has 0 radical (unpaired) electrons. The highest BCUT2D eigenvalue weighted by molar-refractivity contribution is 6.02. The number of aromatic nitrogens is 1. The van der Waals surface area contributed by atoms with Gasteiger partial charge in [0.1, 0.15) is 29.4 Å². The number of alkyl halides is 4. The topological polar surface area (TPSA) is 82.0 Å². The first-order chi connectivity index (χ1) is 18.3. The smallest absolute Gasteiger partial charge is 0.387 e. The molecule has 0 aliphatic rings. The third-order valence-corrected chi connectivity index (χ3v) is 5.32. The molecule has 0 fully saturated rings. The Morgan fingerprint density at radius 2 is 1.66 bits per heavy atom. The van der Waals surface area contributed by atoms with Gasteiger partial charge in [0.15, 0.2) is 0 Å². The van der Waals surface area contributed by atoms with Gasteiger partial charge < -0.3 is 14.2 Å². The maximum absolute atomic E-state index is 12.8. The molecule has 1 heterocycles. The maximum Gasteiger partial charge on any atom is 0.387 e. The summed E-state index contributed by atoms with van der Waals surface area (Å²) in [5, 5.41) is 4.88. The lowest BCUT2D eigenvalue weighted by molar-refractivity contribution is -0.0543. The SMILES string of the molecule is C/C(=N\NC(=O)c1ccc(COc2cccc3cccnc23)cc1)c1ccc(OC(F)F)cc1OC(F)F. The number of carbonyl (C=O) groups is 1. The number of ether oxygens (including phenoxy) is 3. The van der Waals surface area contributed by atoms with Gasteiger partial charge in [-0.3, -0.25) is 9.78 Å². The Hall–Kier alpha value is -4.67. The van der Waals surface area contributed by atoms with E-state index in [0.29, 0.717) is 11.3 Å². The Kier molecular flexibility index (Phi) is 8.37. The fraction of sp³-hybridized carbons (Fsp3) is 0.148. The van der Waals surface area contributed by atoms with Crippen LogP contribution in [0, 0.1) is 0 Å². The highest BCUT2D eigenvalue weighted by Crippen LogP contribution is 2.28. The summed E-state index contributed by atoms with van der Waals surface area (Å²) in [5.74, 6) is -0.709. The number of halogens is 4. The Balaban J connectivity index is 1.40. The van der Waals surface area contributed by atoms with Crippen molar-refractivity contribution in [1.29, 1.82) is 0 Å². The standard InChI is InChI=1S/C27H21F4N3O4/c1-16(21-12-11-20(37-26(28)29)14-23(21)38-27(30)31)33-34-25(35)19-9-7-17(8-10-19)15-36-22-6-2-4-18-5-3-13-32-24(18)22/h2-14,26-27H,15H2,1H3,(H,34,35)/b33-16+. The summed E-state index contributed by atoms with van der Waals surface area (Å²) in [7, 11) is 0. The first-order valence-corrected chi connectivity index (χ1v) is 11.2. The molecule has 38 heavy (non-hydrogen) atoms. The molecule has 0 aliphatic carbocycles. The van der Waals surface area contributed by atoms with Crippen LogP contribution >= 0.6 is 0 Å². The van der Waals surface area contributed by atoms with Gasteiger partial charge in [0.05, 0.1) is 5.71 Å². The number of hydrogen-bond acceptors (Lipinski definition) is 6. The van der Waals surface area contributed by atoms with E-state index < -0.39 is 24.9 Å². The Morgan fingerprint density at radius 3 is 2.39 bits per heavy atom. The van der Waals surface area contributed by atoms with Gasteiger partial charge in [-0.2, -0.15) is 22.7 Å². The van der Waals surface area contributed by atoms with E-state index in [1.54, 1.807) is 30.5 Å². The van der Waals surface area contributed by atoms with Crippen molar-refractivity contribution in [3.63, 3.8) is 0 Å². The lowest BCUT2D eigenvalue weighted by atomic mass is 10.1. The zero-order chi connectivity index (χ0) is 27.1. The van der Waals surface area contributed by atoms with E-state index in [1.165, 1.54) is 13.0 Å². The van der Waals surface area contributed by atoms with Crippen molar-refractivity contribution in [2.45, 2.75) is 26.8 Å². The van der Waals surface area contributed by atoms with Gasteiger partial charge in [0.25, 0.3) is 5.91 Å². The second-order valence-electron chi connectivity index (χ2n) is 7.87. The van der Waals surface area contributed by atoms with Crippen LogP contribution in [0.1, 0.15) is 28.4 Å².